The molecule has 0 aliphatic carbocycles. The molecule has 0 bridgehead atoms. The zero-order valence-corrected chi connectivity index (χ0v) is 18.8. The Kier molecular flexibility index (Phi) is 6.37. The number of hydrogen-bond donors (Lipinski definition) is 2. The van der Waals surface area contributed by atoms with E-state index >= 15 is 0 Å². The summed E-state index contributed by atoms with van der Waals surface area (Å²) in [5.74, 6) is -2.42. The quantitative estimate of drug-likeness (QED) is 0.429. The Morgan fingerprint density at radius 3 is 2.30 bits per heavy atom. The number of rotatable bonds is 5. The third-order valence-electron chi connectivity index (χ3n) is 4.69. The molecule has 0 spiro atoms. The highest BCUT2D eigenvalue weighted by atomic mass is 35.5. The molecular weight excluding hydrogens is 492 g/mol. The summed E-state index contributed by atoms with van der Waals surface area (Å²) in [7, 11) is 0. The van der Waals surface area contributed by atoms with Crippen molar-refractivity contribution < 1.29 is 18.8 Å². The zero-order chi connectivity index (χ0) is 23.7. The van der Waals surface area contributed by atoms with Crippen LogP contribution in [0.5, 0.6) is 0 Å². The first-order valence-corrected chi connectivity index (χ1v) is 10.6. The van der Waals surface area contributed by atoms with Gasteiger partial charge in [-0.25, -0.2) is 9.29 Å². The normalized spacial score (nSPS) is 13.5. The third kappa shape index (κ3) is 4.71. The van der Waals surface area contributed by atoms with Crippen LogP contribution in [0.15, 0.2) is 77.5 Å². The fraction of sp³-hybridized carbons (Fsp3) is 0. The van der Waals surface area contributed by atoms with Gasteiger partial charge in [0.1, 0.15) is 16.5 Å². The molecule has 0 saturated carbocycles. The van der Waals surface area contributed by atoms with E-state index in [0.29, 0.717) is 16.4 Å². The standard InChI is InChI=1S/C23H13Cl3FN3O3/c24-13-4-9-18(17(25)11-13)29-21(31)12-2-1-3-15(10-12)28-20-19(26)22(32)30(23(20)33)16-7-5-14(27)6-8-16/h1-11,28H,(H,29,31). The Bertz CT molecular complexity index is 1330. The second kappa shape index (κ2) is 9.23. The van der Waals surface area contributed by atoms with Gasteiger partial charge in [0.25, 0.3) is 17.7 Å². The lowest BCUT2D eigenvalue weighted by Gasteiger charge is -2.15. The van der Waals surface area contributed by atoms with E-state index in [1.807, 2.05) is 0 Å². The molecule has 1 aliphatic heterocycles. The monoisotopic (exact) mass is 503 g/mol. The maximum Gasteiger partial charge on any atom is 0.283 e. The first kappa shape index (κ1) is 22.8. The van der Waals surface area contributed by atoms with Crippen LogP contribution in [0.4, 0.5) is 21.5 Å². The van der Waals surface area contributed by atoms with Gasteiger partial charge in [-0.1, -0.05) is 40.9 Å². The van der Waals surface area contributed by atoms with Crippen LogP contribution < -0.4 is 15.5 Å². The Hall–Kier alpha value is -3.39. The number of carbonyl (C=O) groups excluding carboxylic acids is 3. The van der Waals surface area contributed by atoms with Gasteiger partial charge in [0.15, 0.2) is 0 Å². The molecule has 3 aromatic carbocycles. The number of nitrogens with zero attached hydrogens (tertiary/aromatic N) is 1. The number of carbonyl (C=O) groups is 3. The summed E-state index contributed by atoms with van der Waals surface area (Å²) in [6.07, 6.45) is 0. The maximum atomic E-state index is 13.2. The summed E-state index contributed by atoms with van der Waals surface area (Å²) in [5, 5.41) is 5.85. The molecule has 0 fully saturated rings. The number of nitrogens with one attached hydrogen (secondary N) is 2. The summed E-state index contributed by atoms with van der Waals surface area (Å²) >= 11 is 18.1. The molecule has 10 heteroatoms. The van der Waals surface area contributed by atoms with Crippen molar-refractivity contribution in [2.45, 2.75) is 0 Å². The summed E-state index contributed by atoms with van der Waals surface area (Å²) in [4.78, 5) is 38.9. The minimum absolute atomic E-state index is 0.163. The molecule has 4 rings (SSSR count). The number of anilines is 3. The number of amides is 3. The number of benzene rings is 3. The van der Waals surface area contributed by atoms with E-state index in [9.17, 15) is 18.8 Å². The van der Waals surface area contributed by atoms with E-state index in [-0.39, 0.29) is 27.0 Å². The van der Waals surface area contributed by atoms with Crippen molar-refractivity contribution >= 4 is 69.6 Å². The van der Waals surface area contributed by atoms with Crippen molar-refractivity contribution in [1.29, 1.82) is 0 Å². The molecule has 33 heavy (non-hydrogen) atoms. The van der Waals surface area contributed by atoms with Crippen molar-refractivity contribution in [3.8, 4) is 0 Å². The lowest BCUT2D eigenvalue weighted by atomic mass is 10.1. The zero-order valence-electron chi connectivity index (χ0n) is 16.5. The van der Waals surface area contributed by atoms with Crippen LogP contribution in [0.1, 0.15) is 10.4 Å². The van der Waals surface area contributed by atoms with Gasteiger partial charge >= 0.3 is 0 Å². The Morgan fingerprint density at radius 1 is 0.879 bits per heavy atom. The highest BCUT2D eigenvalue weighted by molar-refractivity contribution is 6.53. The van der Waals surface area contributed by atoms with E-state index in [1.165, 1.54) is 24.3 Å². The fourth-order valence-corrected chi connectivity index (χ4v) is 3.77. The fourth-order valence-electron chi connectivity index (χ4n) is 3.10. The predicted molar refractivity (Wildman–Crippen MR) is 126 cm³/mol. The van der Waals surface area contributed by atoms with Gasteiger partial charge in [0.05, 0.1) is 16.4 Å². The summed E-state index contributed by atoms with van der Waals surface area (Å²) < 4.78 is 13.2. The van der Waals surface area contributed by atoms with Crippen LogP contribution in [-0.2, 0) is 9.59 Å². The predicted octanol–water partition coefficient (Wildman–Crippen LogP) is 5.82. The maximum absolute atomic E-state index is 13.2. The lowest BCUT2D eigenvalue weighted by Crippen LogP contribution is -2.32. The van der Waals surface area contributed by atoms with Gasteiger partial charge in [0.2, 0.25) is 0 Å². The van der Waals surface area contributed by atoms with Crippen LogP contribution >= 0.6 is 34.8 Å². The lowest BCUT2D eigenvalue weighted by molar-refractivity contribution is -0.120. The Balaban J connectivity index is 1.54. The highest BCUT2D eigenvalue weighted by Crippen LogP contribution is 2.31. The molecule has 1 heterocycles. The van der Waals surface area contributed by atoms with Crippen molar-refractivity contribution in [1.82, 2.24) is 0 Å². The summed E-state index contributed by atoms with van der Waals surface area (Å²) in [6.45, 7) is 0. The second-order valence-electron chi connectivity index (χ2n) is 6.90. The van der Waals surface area contributed by atoms with Gasteiger partial charge < -0.3 is 10.6 Å². The largest absolute Gasteiger partial charge is 0.350 e. The molecule has 6 nitrogen and oxygen atoms in total. The van der Waals surface area contributed by atoms with Gasteiger partial charge in [-0.05, 0) is 60.7 Å². The van der Waals surface area contributed by atoms with Crippen LogP contribution in [0.2, 0.25) is 10.0 Å². The smallest absolute Gasteiger partial charge is 0.283 e. The topological polar surface area (TPSA) is 78.5 Å². The Labute approximate surface area is 202 Å². The van der Waals surface area contributed by atoms with Crippen molar-refractivity contribution in [2.75, 3.05) is 15.5 Å². The molecule has 0 aromatic heterocycles. The minimum Gasteiger partial charge on any atom is -0.350 e. The summed E-state index contributed by atoms with van der Waals surface area (Å²) in [6, 6.07) is 15.7. The van der Waals surface area contributed by atoms with E-state index in [0.717, 1.165) is 17.0 Å². The first-order valence-electron chi connectivity index (χ1n) is 9.42. The van der Waals surface area contributed by atoms with E-state index in [4.69, 9.17) is 34.8 Å². The number of hydrogen-bond acceptors (Lipinski definition) is 4. The van der Waals surface area contributed by atoms with Gasteiger partial charge in [-0.2, -0.15) is 0 Å². The Morgan fingerprint density at radius 2 is 1.61 bits per heavy atom. The molecule has 0 saturated heterocycles. The van der Waals surface area contributed by atoms with Crippen LogP contribution in [0.25, 0.3) is 0 Å². The van der Waals surface area contributed by atoms with Gasteiger partial charge in [-0.3, -0.25) is 14.4 Å². The van der Waals surface area contributed by atoms with E-state index in [2.05, 4.69) is 10.6 Å². The molecule has 0 atom stereocenters. The molecule has 1 aliphatic rings. The van der Waals surface area contributed by atoms with Crippen LogP contribution in [0, 0.1) is 5.82 Å². The molecule has 2 N–H and O–H groups in total. The molecule has 3 aromatic rings. The van der Waals surface area contributed by atoms with Gasteiger partial charge in [0, 0.05) is 16.3 Å². The average Bonchev–Trinajstić information content (AvgIpc) is 3.00. The average molecular weight is 505 g/mol. The number of halogens is 4. The number of imide groups is 1. The molecule has 0 radical (unpaired) electrons. The van der Waals surface area contributed by atoms with Crippen molar-refractivity contribution in [2.24, 2.45) is 0 Å². The van der Waals surface area contributed by atoms with Crippen molar-refractivity contribution in [3.63, 3.8) is 0 Å². The molecule has 166 valence electrons. The summed E-state index contributed by atoms with van der Waals surface area (Å²) in [5.41, 5.74) is 0.996. The third-order valence-corrected chi connectivity index (χ3v) is 5.58. The molecule has 3 amide bonds. The molecule has 0 unspecified atom stereocenters. The van der Waals surface area contributed by atoms with E-state index < -0.39 is 23.5 Å². The molecular formula is C23H13Cl3FN3O3. The SMILES string of the molecule is O=C(Nc1ccc(Cl)cc1Cl)c1cccc(NC2=C(Cl)C(=O)N(c3ccc(F)cc3)C2=O)c1. The van der Waals surface area contributed by atoms with Crippen LogP contribution in [-0.4, -0.2) is 17.7 Å². The second-order valence-corrected chi connectivity index (χ2v) is 8.12. The van der Waals surface area contributed by atoms with Crippen molar-refractivity contribution in [3.05, 3.63) is 98.9 Å². The van der Waals surface area contributed by atoms with E-state index in [1.54, 1.807) is 30.3 Å². The van der Waals surface area contributed by atoms with Gasteiger partial charge in [-0.15, -0.1) is 0 Å². The van der Waals surface area contributed by atoms with Crippen LogP contribution in [0.3, 0.4) is 0 Å². The highest BCUT2D eigenvalue weighted by Gasteiger charge is 2.39. The first-order chi connectivity index (χ1) is 15.7. The minimum atomic E-state index is -0.748.